The molecule has 6 heteroatoms. The van der Waals surface area contributed by atoms with Crippen LogP contribution in [0.1, 0.15) is 25.7 Å². The maximum Gasteiger partial charge on any atom is 0.305 e. The van der Waals surface area contributed by atoms with Gasteiger partial charge in [0.15, 0.2) is 5.58 Å². The molecule has 0 spiro atoms. The van der Waals surface area contributed by atoms with Crippen molar-refractivity contribution in [2.75, 3.05) is 0 Å². The molecule has 2 aromatic carbocycles. The molecular formula is C18H15NO5. The van der Waals surface area contributed by atoms with Gasteiger partial charge in [-0.3, -0.25) is 9.59 Å². The highest BCUT2D eigenvalue weighted by Gasteiger charge is 2.18. The van der Waals surface area contributed by atoms with Crippen molar-refractivity contribution in [2.45, 2.75) is 20.1 Å². The van der Waals surface area contributed by atoms with Gasteiger partial charge in [0.25, 0.3) is 6.29 Å². The highest BCUT2D eigenvalue weighted by Crippen LogP contribution is 2.26. The Morgan fingerprint density at radius 3 is 2.17 bits per heavy atom. The van der Waals surface area contributed by atoms with E-state index in [0.717, 1.165) is 11.1 Å². The van der Waals surface area contributed by atoms with Crippen molar-refractivity contribution in [1.82, 2.24) is 4.98 Å². The van der Waals surface area contributed by atoms with E-state index >= 15 is 0 Å². The number of esters is 2. The Hall–Kier alpha value is -3.15. The molecule has 0 fully saturated rings. The minimum absolute atomic E-state index is 0.485. The van der Waals surface area contributed by atoms with Crippen molar-refractivity contribution < 1.29 is 23.5 Å². The lowest BCUT2D eigenvalue weighted by Gasteiger charge is -2.16. The largest absolute Gasteiger partial charge is 0.436 e. The van der Waals surface area contributed by atoms with Crippen molar-refractivity contribution in [3.63, 3.8) is 0 Å². The summed E-state index contributed by atoms with van der Waals surface area (Å²) in [7, 11) is 0. The quantitative estimate of drug-likeness (QED) is 0.538. The number of nitrogens with zero attached hydrogens (tertiary/aromatic N) is 1. The summed E-state index contributed by atoms with van der Waals surface area (Å²) >= 11 is 0. The molecule has 24 heavy (non-hydrogen) atoms. The summed E-state index contributed by atoms with van der Waals surface area (Å²) in [4.78, 5) is 26.7. The average molecular weight is 325 g/mol. The van der Waals surface area contributed by atoms with Gasteiger partial charge < -0.3 is 13.9 Å². The van der Waals surface area contributed by atoms with Crippen LogP contribution in [0, 0.1) is 0 Å². The second-order valence-corrected chi connectivity index (χ2v) is 5.16. The molecule has 0 atom stereocenters. The molecule has 1 heterocycles. The number of fused-ring (bicyclic) bond motifs is 1. The Morgan fingerprint density at radius 1 is 0.958 bits per heavy atom. The highest BCUT2D eigenvalue weighted by atomic mass is 16.7. The second-order valence-electron chi connectivity index (χ2n) is 5.16. The predicted octanol–water partition coefficient (Wildman–Crippen LogP) is 3.62. The number of oxazole rings is 1. The first-order valence-electron chi connectivity index (χ1n) is 7.33. The van der Waals surface area contributed by atoms with Gasteiger partial charge in [0.05, 0.1) is 0 Å². The van der Waals surface area contributed by atoms with Gasteiger partial charge in [-0.25, -0.2) is 4.98 Å². The molecule has 3 aromatic rings. The lowest BCUT2D eigenvalue weighted by atomic mass is 10.1. The third-order valence-electron chi connectivity index (χ3n) is 3.27. The van der Waals surface area contributed by atoms with Crippen LogP contribution >= 0.6 is 0 Å². The van der Waals surface area contributed by atoms with E-state index in [2.05, 4.69) is 4.98 Å². The standard InChI is InChI=1S/C18H15NO5/c1-11(20)22-18(23-12(2)21)14-9-7-13(8-10-14)17-19-15-5-3-4-6-16(15)24-17/h3-10,18H,1-2H3. The SMILES string of the molecule is CC(=O)OC(OC(C)=O)c1ccc(-c2nc3ccccc3o2)cc1. The van der Waals surface area contributed by atoms with Crippen LogP contribution in [-0.2, 0) is 19.1 Å². The Morgan fingerprint density at radius 2 is 1.58 bits per heavy atom. The first-order chi connectivity index (χ1) is 11.5. The molecule has 0 bridgehead atoms. The van der Waals surface area contributed by atoms with Gasteiger partial charge in [-0.1, -0.05) is 24.3 Å². The molecule has 0 unspecified atom stereocenters. The molecule has 0 aliphatic carbocycles. The summed E-state index contributed by atoms with van der Waals surface area (Å²) in [6.45, 7) is 2.51. The summed E-state index contributed by atoms with van der Waals surface area (Å²) in [6.07, 6.45) is -1.07. The molecular weight excluding hydrogens is 310 g/mol. The number of aromatic nitrogens is 1. The molecule has 0 saturated heterocycles. The Bertz CT molecular complexity index is 833. The van der Waals surface area contributed by atoms with Gasteiger partial charge in [0.1, 0.15) is 5.52 Å². The smallest absolute Gasteiger partial charge is 0.305 e. The summed E-state index contributed by atoms with van der Waals surface area (Å²) in [6, 6.07) is 14.4. The predicted molar refractivity (Wildman–Crippen MR) is 85.7 cm³/mol. The van der Waals surface area contributed by atoms with E-state index in [1.165, 1.54) is 13.8 Å². The minimum atomic E-state index is -1.07. The fourth-order valence-corrected chi connectivity index (χ4v) is 2.24. The van der Waals surface area contributed by atoms with E-state index in [0.29, 0.717) is 17.0 Å². The molecule has 0 N–H and O–H groups in total. The normalized spacial score (nSPS) is 10.8. The number of benzene rings is 2. The summed E-state index contributed by atoms with van der Waals surface area (Å²) in [5, 5.41) is 0. The van der Waals surface area contributed by atoms with Gasteiger partial charge in [0.2, 0.25) is 5.89 Å². The minimum Gasteiger partial charge on any atom is -0.436 e. The fraction of sp³-hybridized carbons (Fsp3) is 0.167. The summed E-state index contributed by atoms with van der Waals surface area (Å²) < 4.78 is 15.7. The van der Waals surface area contributed by atoms with Crippen LogP contribution in [0.25, 0.3) is 22.6 Å². The van der Waals surface area contributed by atoms with Gasteiger partial charge in [0, 0.05) is 25.0 Å². The molecule has 1 aromatic heterocycles. The van der Waals surface area contributed by atoms with E-state index in [9.17, 15) is 9.59 Å². The zero-order valence-electron chi connectivity index (χ0n) is 13.2. The van der Waals surface area contributed by atoms with E-state index in [1.54, 1.807) is 24.3 Å². The van der Waals surface area contributed by atoms with Gasteiger partial charge >= 0.3 is 11.9 Å². The number of carbonyl (C=O) groups is 2. The number of rotatable bonds is 4. The molecule has 0 aliphatic heterocycles. The maximum absolute atomic E-state index is 11.2. The zero-order chi connectivity index (χ0) is 17.1. The summed E-state index contributed by atoms with van der Waals surface area (Å²) in [5.74, 6) is -0.590. The van der Waals surface area contributed by atoms with Crippen molar-refractivity contribution >= 4 is 23.0 Å². The van der Waals surface area contributed by atoms with Crippen LogP contribution in [0.3, 0.4) is 0 Å². The van der Waals surface area contributed by atoms with Gasteiger partial charge in [-0.15, -0.1) is 0 Å². The number of carbonyl (C=O) groups excluding carboxylic acids is 2. The van der Waals surface area contributed by atoms with E-state index in [1.807, 2.05) is 24.3 Å². The lowest BCUT2D eigenvalue weighted by molar-refractivity contribution is -0.186. The molecule has 0 saturated carbocycles. The molecule has 3 rings (SSSR count). The topological polar surface area (TPSA) is 78.6 Å². The number of ether oxygens (including phenoxy) is 2. The van der Waals surface area contributed by atoms with Crippen molar-refractivity contribution in [3.8, 4) is 11.5 Å². The Kier molecular flexibility index (Phi) is 4.29. The molecule has 0 radical (unpaired) electrons. The van der Waals surface area contributed by atoms with Crippen molar-refractivity contribution in [2.24, 2.45) is 0 Å². The van der Waals surface area contributed by atoms with Crippen LogP contribution in [0.4, 0.5) is 0 Å². The molecule has 0 aliphatic rings. The molecule has 122 valence electrons. The van der Waals surface area contributed by atoms with Crippen LogP contribution in [-0.4, -0.2) is 16.9 Å². The number of hydrogen-bond donors (Lipinski definition) is 0. The summed E-state index contributed by atoms with van der Waals surface area (Å²) in [5.41, 5.74) is 2.78. The van der Waals surface area contributed by atoms with E-state index in [4.69, 9.17) is 13.9 Å². The fourth-order valence-electron chi connectivity index (χ4n) is 2.24. The molecule has 6 nitrogen and oxygen atoms in total. The van der Waals surface area contributed by atoms with E-state index in [-0.39, 0.29) is 0 Å². The monoisotopic (exact) mass is 325 g/mol. The van der Waals surface area contributed by atoms with E-state index < -0.39 is 18.2 Å². The highest BCUT2D eigenvalue weighted by molar-refractivity contribution is 5.76. The van der Waals surface area contributed by atoms with Crippen LogP contribution in [0.15, 0.2) is 52.9 Å². The van der Waals surface area contributed by atoms with Gasteiger partial charge in [-0.05, 0) is 24.3 Å². The average Bonchev–Trinajstić information content (AvgIpc) is 2.97. The Labute approximate surface area is 138 Å². The zero-order valence-corrected chi connectivity index (χ0v) is 13.2. The van der Waals surface area contributed by atoms with Crippen LogP contribution < -0.4 is 0 Å². The first kappa shape index (κ1) is 15.7. The Balaban J connectivity index is 1.88. The van der Waals surface area contributed by atoms with Gasteiger partial charge in [-0.2, -0.15) is 0 Å². The number of para-hydroxylation sites is 2. The maximum atomic E-state index is 11.2. The third kappa shape index (κ3) is 3.43. The molecule has 0 amide bonds. The lowest BCUT2D eigenvalue weighted by Crippen LogP contribution is -2.14. The van der Waals surface area contributed by atoms with Crippen molar-refractivity contribution in [3.05, 3.63) is 54.1 Å². The van der Waals surface area contributed by atoms with Crippen LogP contribution in [0.2, 0.25) is 0 Å². The van der Waals surface area contributed by atoms with Crippen LogP contribution in [0.5, 0.6) is 0 Å². The van der Waals surface area contributed by atoms with Crippen molar-refractivity contribution in [1.29, 1.82) is 0 Å². The second kappa shape index (κ2) is 6.54. The third-order valence-corrected chi connectivity index (χ3v) is 3.27. The number of hydrogen-bond acceptors (Lipinski definition) is 6. The first-order valence-corrected chi connectivity index (χ1v) is 7.33.